The number of nitrogens with two attached hydrogens (primary N) is 1. The fraction of sp³-hybridized carbons (Fsp3) is 0.688. The fourth-order valence-corrected chi connectivity index (χ4v) is 3.79. The van der Waals surface area contributed by atoms with Crippen LogP contribution in [0.4, 0.5) is 0 Å². The molecule has 1 saturated heterocycles. The highest BCUT2D eigenvalue weighted by Crippen LogP contribution is 2.21. The molecule has 1 amide bonds. The van der Waals surface area contributed by atoms with Gasteiger partial charge in [-0.25, -0.2) is 0 Å². The lowest BCUT2D eigenvalue weighted by Crippen LogP contribution is -2.45. The number of thiophene rings is 1. The molecule has 112 valence electrons. The van der Waals surface area contributed by atoms with E-state index in [1.807, 2.05) is 16.2 Å². The van der Waals surface area contributed by atoms with Gasteiger partial charge < -0.3 is 10.6 Å². The topological polar surface area (TPSA) is 46.3 Å². The minimum absolute atomic E-state index is 0.194. The molecule has 2 rings (SSSR count). The predicted octanol–water partition coefficient (Wildman–Crippen LogP) is 2.97. The molecular formula is C16H26N2OS. The van der Waals surface area contributed by atoms with Crippen molar-refractivity contribution in [3.05, 3.63) is 21.9 Å². The zero-order valence-electron chi connectivity index (χ0n) is 12.6. The van der Waals surface area contributed by atoms with Crippen molar-refractivity contribution in [3.63, 3.8) is 0 Å². The summed E-state index contributed by atoms with van der Waals surface area (Å²) in [6, 6.07) is 4.52. The lowest BCUT2D eigenvalue weighted by atomic mass is 9.92. The average molecular weight is 294 g/mol. The molecule has 2 unspecified atom stereocenters. The fourth-order valence-electron chi connectivity index (χ4n) is 2.86. The summed E-state index contributed by atoms with van der Waals surface area (Å²) < 4.78 is 0. The largest absolute Gasteiger partial charge is 0.342 e. The van der Waals surface area contributed by atoms with E-state index in [0.29, 0.717) is 18.2 Å². The highest BCUT2D eigenvalue weighted by molar-refractivity contribution is 7.11. The van der Waals surface area contributed by atoms with E-state index in [9.17, 15) is 4.79 Å². The van der Waals surface area contributed by atoms with Gasteiger partial charge in [-0.1, -0.05) is 0 Å². The smallest absolute Gasteiger partial charge is 0.222 e. The summed E-state index contributed by atoms with van der Waals surface area (Å²) in [6.45, 7) is 5.95. The summed E-state index contributed by atoms with van der Waals surface area (Å²) in [5.74, 6) is 0.788. The van der Waals surface area contributed by atoms with Crippen LogP contribution in [0, 0.1) is 12.8 Å². The Morgan fingerprint density at radius 3 is 3.00 bits per heavy atom. The summed E-state index contributed by atoms with van der Waals surface area (Å²) in [6.07, 6.45) is 4.91. The van der Waals surface area contributed by atoms with Gasteiger partial charge in [0.25, 0.3) is 0 Å². The molecule has 0 aromatic carbocycles. The molecule has 0 aliphatic carbocycles. The Morgan fingerprint density at radius 2 is 2.35 bits per heavy atom. The zero-order valence-corrected chi connectivity index (χ0v) is 13.4. The Kier molecular flexibility index (Phi) is 5.61. The summed E-state index contributed by atoms with van der Waals surface area (Å²) >= 11 is 1.84. The van der Waals surface area contributed by atoms with Crippen molar-refractivity contribution in [2.75, 3.05) is 13.1 Å². The summed E-state index contributed by atoms with van der Waals surface area (Å²) in [4.78, 5) is 17.0. The Balaban J connectivity index is 1.74. The number of piperidine rings is 1. The number of amides is 1. The van der Waals surface area contributed by atoms with Gasteiger partial charge in [-0.3, -0.25) is 4.79 Å². The zero-order chi connectivity index (χ0) is 14.5. The number of carbonyl (C=O) groups is 1. The third-order valence-electron chi connectivity index (χ3n) is 4.16. The molecule has 0 saturated carbocycles. The second-order valence-electron chi connectivity index (χ2n) is 5.97. The van der Waals surface area contributed by atoms with E-state index >= 15 is 0 Å². The number of hydrogen-bond acceptors (Lipinski definition) is 3. The van der Waals surface area contributed by atoms with Gasteiger partial charge in [-0.2, -0.15) is 0 Å². The minimum atomic E-state index is 0.194. The van der Waals surface area contributed by atoms with Gasteiger partial charge in [0.2, 0.25) is 5.91 Å². The van der Waals surface area contributed by atoms with Crippen LogP contribution in [-0.4, -0.2) is 29.9 Å². The Hall–Kier alpha value is -0.870. The Bertz CT molecular complexity index is 441. The maximum atomic E-state index is 12.3. The van der Waals surface area contributed by atoms with Crippen LogP contribution >= 0.6 is 11.3 Å². The quantitative estimate of drug-likeness (QED) is 0.907. The van der Waals surface area contributed by atoms with Gasteiger partial charge in [0.1, 0.15) is 0 Å². The van der Waals surface area contributed by atoms with Crippen molar-refractivity contribution in [2.45, 2.75) is 52.0 Å². The maximum absolute atomic E-state index is 12.3. The molecule has 20 heavy (non-hydrogen) atoms. The first-order valence-electron chi connectivity index (χ1n) is 7.65. The summed E-state index contributed by atoms with van der Waals surface area (Å²) in [7, 11) is 0. The Labute approximate surface area is 126 Å². The molecule has 1 aliphatic heterocycles. The van der Waals surface area contributed by atoms with Crippen molar-refractivity contribution in [3.8, 4) is 0 Å². The van der Waals surface area contributed by atoms with Crippen LogP contribution in [0.3, 0.4) is 0 Å². The lowest BCUT2D eigenvalue weighted by molar-refractivity contribution is -0.133. The van der Waals surface area contributed by atoms with Crippen LogP contribution in [0.15, 0.2) is 12.1 Å². The minimum Gasteiger partial charge on any atom is -0.342 e. The molecule has 1 aromatic rings. The van der Waals surface area contributed by atoms with Crippen LogP contribution in [0.2, 0.25) is 0 Å². The van der Waals surface area contributed by atoms with Crippen LogP contribution in [0.25, 0.3) is 0 Å². The van der Waals surface area contributed by atoms with E-state index in [4.69, 9.17) is 5.73 Å². The SMILES string of the molecule is Cc1ccc(CCCC(=O)N2CCCC(C(C)N)C2)s1. The molecule has 1 aliphatic rings. The second kappa shape index (κ2) is 7.23. The molecule has 2 atom stereocenters. The number of carbonyl (C=O) groups excluding carboxylic acids is 1. The number of hydrogen-bond donors (Lipinski definition) is 1. The highest BCUT2D eigenvalue weighted by Gasteiger charge is 2.25. The first-order valence-corrected chi connectivity index (χ1v) is 8.46. The van der Waals surface area contributed by atoms with Crippen molar-refractivity contribution < 1.29 is 4.79 Å². The van der Waals surface area contributed by atoms with Crippen molar-refractivity contribution in [1.82, 2.24) is 4.90 Å². The average Bonchev–Trinajstić information content (AvgIpc) is 2.84. The van der Waals surface area contributed by atoms with Crippen LogP contribution in [-0.2, 0) is 11.2 Å². The van der Waals surface area contributed by atoms with E-state index in [-0.39, 0.29) is 6.04 Å². The number of aryl methyl sites for hydroxylation is 2. The normalized spacial score (nSPS) is 20.9. The first kappa shape index (κ1) is 15.5. The third-order valence-corrected chi connectivity index (χ3v) is 5.22. The molecule has 1 fully saturated rings. The van der Waals surface area contributed by atoms with Gasteiger partial charge in [-0.05, 0) is 57.6 Å². The van der Waals surface area contributed by atoms with Gasteiger partial charge in [-0.15, -0.1) is 11.3 Å². The second-order valence-corrected chi connectivity index (χ2v) is 7.34. The molecule has 0 bridgehead atoms. The standard InChI is InChI=1S/C16H26N2OS/c1-12-8-9-15(20-12)6-3-7-16(19)18-10-4-5-14(11-18)13(2)17/h8-9,13-14H,3-7,10-11,17H2,1-2H3. The lowest BCUT2D eigenvalue weighted by Gasteiger charge is -2.34. The molecule has 1 aromatic heterocycles. The molecule has 2 heterocycles. The van der Waals surface area contributed by atoms with Crippen molar-refractivity contribution in [1.29, 1.82) is 0 Å². The van der Waals surface area contributed by atoms with Crippen molar-refractivity contribution >= 4 is 17.2 Å². The van der Waals surface area contributed by atoms with E-state index in [0.717, 1.165) is 38.8 Å². The molecule has 2 N–H and O–H groups in total. The molecule has 0 spiro atoms. The number of nitrogens with zero attached hydrogens (tertiary/aromatic N) is 1. The first-order chi connectivity index (χ1) is 9.56. The molecule has 3 nitrogen and oxygen atoms in total. The predicted molar refractivity (Wildman–Crippen MR) is 84.9 cm³/mol. The van der Waals surface area contributed by atoms with Gasteiger partial charge in [0.15, 0.2) is 0 Å². The summed E-state index contributed by atoms with van der Waals surface area (Å²) in [5, 5.41) is 0. The monoisotopic (exact) mass is 294 g/mol. The third kappa shape index (κ3) is 4.32. The molecule has 0 radical (unpaired) electrons. The van der Waals surface area contributed by atoms with Crippen LogP contribution in [0.1, 0.15) is 42.4 Å². The van der Waals surface area contributed by atoms with Crippen LogP contribution < -0.4 is 5.73 Å². The highest BCUT2D eigenvalue weighted by atomic mass is 32.1. The van der Waals surface area contributed by atoms with Crippen LogP contribution in [0.5, 0.6) is 0 Å². The van der Waals surface area contributed by atoms with Gasteiger partial charge in [0.05, 0.1) is 0 Å². The number of likely N-dealkylation sites (tertiary alicyclic amines) is 1. The van der Waals surface area contributed by atoms with E-state index in [1.165, 1.54) is 9.75 Å². The molecular weight excluding hydrogens is 268 g/mol. The Morgan fingerprint density at radius 1 is 1.55 bits per heavy atom. The van der Waals surface area contributed by atoms with Gasteiger partial charge in [0, 0.05) is 35.3 Å². The van der Waals surface area contributed by atoms with E-state index in [1.54, 1.807) is 0 Å². The van der Waals surface area contributed by atoms with Gasteiger partial charge >= 0.3 is 0 Å². The number of rotatable bonds is 5. The maximum Gasteiger partial charge on any atom is 0.222 e. The summed E-state index contributed by atoms with van der Waals surface area (Å²) in [5.41, 5.74) is 5.97. The van der Waals surface area contributed by atoms with E-state index < -0.39 is 0 Å². The molecule has 4 heteroatoms. The van der Waals surface area contributed by atoms with Crippen molar-refractivity contribution in [2.24, 2.45) is 11.7 Å². The van der Waals surface area contributed by atoms with E-state index in [2.05, 4.69) is 26.0 Å².